The summed E-state index contributed by atoms with van der Waals surface area (Å²) < 4.78 is 4.77. The maximum atomic E-state index is 11.6. The van der Waals surface area contributed by atoms with Crippen LogP contribution in [0.2, 0.25) is 0 Å². The number of ether oxygens (including phenoxy) is 1. The van der Waals surface area contributed by atoms with Gasteiger partial charge in [0.15, 0.2) is 0 Å². The predicted octanol–water partition coefficient (Wildman–Crippen LogP) is 0.933. The van der Waals surface area contributed by atoms with Crippen molar-refractivity contribution in [1.29, 1.82) is 0 Å². The highest BCUT2D eigenvalue weighted by Gasteiger charge is 2.48. The summed E-state index contributed by atoms with van der Waals surface area (Å²) in [7, 11) is 1.40. The molecule has 1 fully saturated rings. The third-order valence-electron chi connectivity index (χ3n) is 3.72. The van der Waals surface area contributed by atoms with Crippen LogP contribution in [0.3, 0.4) is 0 Å². The van der Waals surface area contributed by atoms with Crippen molar-refractivity contribution in [2.24, 2.45) is 11.3 Å². The molecular weight excluding hydrogens is 206 g/mol. The molecule has 16 heavy (non-hydrogen) atoms. The molecule has 0 spiro atoms. The third kappa shape index (κ3) is 2.38. The maximum Gasteiger partial charge on any atom is 0.323 e. The Hall–Kier alpha value is -0.610. The first kappa shape index (κ1) is 13.5. The number of carbonyl (C=O) groups is 1. The number of methoxy groups -OCH3 is 1. The van der Waals surface area contributed by atoms with Crippen LogP contribution < -0.4 is 5.32 Å². The fraction of sp³-hybridized carbons (Fsp3) is 0.917. The SMILES string of the molecule is COC(=O)C(NC1CC(O)C1(C)C)C(C)C. The van der Waals surface area contributed by atoms with Gasteiger partial charge in [0.25, 0.3) is 0 Å². The zero-order valence-corrected chi connectivity index (χ0v) is 10.8. The van der Waals surface area contributed by atoms with E-state index in [0.717, 1.165) is 0 Å². The van der Waals surface area contributed by atoms with E-state index in [-0.39, 0.29) is 35.5 Å². The second-order valence-corrected chi connectivity index (χ2v) is 5.54. The highest BCUT2D eigenvalue weighted by Crippen LogP contribution is 2.40. The van der Waals surface area contributed by atoms with Crippen molar-refractivity contribution in [2.75, 3.05) is 7.11 Å². The van der Waals surface area contributed by atoms with Crippen molar-refractivity contribution in [3.8, 4) is 0 Å². The molecule has 0 aromatic rings. The topological polar surface area (TPSA) is 58.6 Å². The molecule has 2 N–H and O–H groups in total. The highest BCUT2D eigenvalue weighted by atomic mass is 16.5. The number of rotatable bonds is 4. The van der Waals surface area contributed by atoms with E-state index in [9.17, 15) is 9.90 Å². The van der Waals surface area contributed by atoms with Crippen LogP contribution in [0.4, 0.5) is 0 Å². The summed E-state index contributed by atoms with van der Waals surface area (Å²) in [6.45, 7) is 7.98. The maximum absolute atomic E-state index is 11.6. The van der Waals surface area contributed by atoms with Crippen molar-refractivity contribution in [1.82, 2.24) is 5.32 Å². The number of nitrogens with one attached hydrogen (secondary N) is 1. The Morgan fingerprint density at radius 3 is 2.38 bits per heavy atom. The smallest absolute Gasteiger partial charge is 0.323 e. The Morgan fingerprint density at radius 1 is 1.50 bits per heavy atom. The van der Waals surface area contributed by atoms with Crippen LogP contribution >= 0.6 is 0 Å². The van der Waals surface area contributed by atoms with E-state index in [4.69, 9.17) is 4.74 Å². The van der Waals surface area contributed by atoms with Crippen molar-refractivity contribution < 1.29 is 14.6 Å². The van der Waals surface area contributed by atoms with Crippen molar-refractivity contribution in [3.63, 3.8) is 0 Å². The Morgan fingerprint density at radius 2 is 2.06 bits per heavy atom. The van der Waals surface area contributed by atoms with E-state index in [2.05, 4.69) is 5.32 Å². The summed E-state index contributed by atoms with van der Waals surface area (Å²) in [6.07, 6.45) is 0.420. The average molecular weight is 229 g/mol. The van der Waals surface area contributed by atoms with Gasteiger partial charge in [0, 0.05) is 11.5 Å². The first-order valence-corrected chi connectivity index (χ1v) is 5.82. The monoisotopic (exact) mass is 229 g/mol. The minimum atomic E-state index is -0.290. The van der Waals surface area contributed by atoms with Gasteiger partial charge < -0.3 is 15.2 Å². The number of hydrogen-bond donors (Lipinski definition) is 2. The second kappa shape index (κ2) is 4.72. The van der Waals surface area contributed by atoms with E-state index in [1.54, 1.807) is 0 Å². The number of aliphatic hydroxyl groups excluding tert-OH is 1. The fourth-order valence-corrected chi connectivity index (χ4v) is 2.06. The third-order valence-corrected chi connectivity index (χ3v) is 3.72. The first-order chi connectivity index (χ1) is 7.30. The zero-order valence-electron chi connectivity index (χ0n) is 10.8. The Kier molecular flexibility index (Phi) is 3.97. The lowest BCUT2D eigenvalue weighted by Crippen LogP contribution is -2.63. The molecule has 3 atom stereocenters. The molecule has 1 saturated carbocycles. The molecule has 94 valence electrons. The molecule has 0 radical (unpaired) electrons. The molecule has 4 nitrogen and oxygen atoms in total. The van der Waals surface area contributed by atoms with Gasteiger partial charge in [0.2, 0.25) is 0 Å². The van der Waals surface area contributed by atoms with Crippen LogP contribution in [0.25, 0.3) is 0 Å². The molecule has 0 heterocycles. The Bertz CT molecular complexity index is 263. The van der Waals surface area contributed by atoms with Crippen molar-refractivity contribution >= 4 is 5.97 Å². The predicted molar refractivity (Wildman–Crippen MR) is 62.0 cm³/mol. The molecule has 4 heteroatoms. The van der Waals surface area contributed by atoms with Gasteiger partial charge in [-0.2, -0.15) is 0 Å². The van der Waals surface area contributed by atoms with Crippen LogP contribution in [0.15, 0.2) is 0 Å². The minimum absolute atomic E-state index is 0.166. The van der Waals surface area contributed by atoms with Gasteiger partial charge in [0.1, 0.15) is 6.04 Å². The van der Waals surface area contributed by atoms with Crippen LogP contribution in [-0.2, 0) is 9.53 Å². The standard InChI is InChI=1S/C12H23NO3/c1-7(2)10(11(15)16-5)13-8-6-9(14)12(8,3)4/h7-10,13-14H,6H2,1-5H3. The molecule has 0 aliphatic heterocycles. The first-order valence-electron chi connectivity index (χ1n) is 5.82. The van der Waals surface area contributed by atoms with Gasteiger partial charge >= 0.3 is 5.97 Å². The number of carbonyl (C=O) groups excluding carboxylic acids is 1. The van der Waals surface area contributed by atoms with Crippen LogP contribution in [-0.4, -0.2) is 36.4 Å². The van der Waals surface area contributed by atoms with Crippen LogP contribution in [0.1, 0.15) is 34.1 Å². The summed E-state index contributed by atoms with van der Waals surface area (Å²) in [6, 6.07) is -0.115. The van der Waals surface area contributed by atoms with Crippen molar-refractivity contribution in [2.45, 2.75) is 52.3 Å². The molecule has 3 unspecified atom stereocenters. The minimum Gasteiger partial charge on any atom is -0.468 e. The quantitative estimate of drug-likeness (QED) is 0.704. The number of esters is 1. The lowest BCUT2D eigenvalue weighted by atomic mass is 9.64. The zero-order chi connectivity index (χ0) is 12.5. The van der Waals surface area contributed by atoms with E-state index in [1.807, 2.05) is 27.7 Å². The van der Waals surface area contributed by atoms with Gasteiger partial charge in [-0.1, -0.05) is 27.7 Å². The summed E-state index contributed by atoms with van der Waals surface area (Å²) in [5, 5.41) is 12.9. The molecule has 1 rings (SSSR count). The average Bonchev–Trinajstić information content (AvgIpc) is 2.22. The van der Waals surface area contributed by atoms with Crippen molar-refractivity contribution in [3.05, 3.63) is 0 Å². The lowest BCUT2D eigenvalue weighted by molar-refractivity contribution is -0.147. The van der Waals surface area contributed by atoms with Gasteiger partial charge in [-0.15, -0.1) is 0 Å². The lowest BCUT2D eigenvalue weighted by Gasteiger charge is -2.50. The molecular formula is C12H23NO3. The fourth-order valence-electron chi connectivity index (χ4n) is 2.06. The molecule has 0 aromatic heterocycles. The van der Waals surface area contributed by atoms with E-state index >= 15 is 0 Å². The van der Waals surface area contributed by atoms with Gasteiger partial charge in [-0.3, -0.25) is 4.79 Å². The summed E-state index contributed by atoms with van der Waals surface area (Å²) in [4.78, 5) is 11.6. The van der Waals surface area contributed by atoms with E-state index < -0.39 is 0 Å². The van der Waals surface area contributed by atoms with Gasteiger partial charge in [-0.05, 0) is 12.3 Å². The van der Waals surface area contributed by atoms with E-state index in [0.29, 0.717) is 6.42 Å². The second-order valence-electron chi connectivity index (χ2n) is 5.54. The normalized spacial score (nSPS) is 29.7. The summed E-state index contributed by atoms with van der Waals surface area (Å²) >= 11 is 0. The molecule has 0 aromatic carbocycles. The van der Waals surface area contributed by atoms with Gasteiger partial charge in [-0.25, -0.2) is 0 Å². The highest BCUT2D eigenvalue weighted by molar-refractivity contribution is 5.76. The molecule has 0 saturated heterocycles. The van der Waals surface area contributed by atoms with Crippen LogP contribution in [0.5, 0.6) is 0 Å². The summed E-state index contributed by atoms with van der Waals surface area (Å²) in [5.41, 5.74) is -0.166. The number of aliphatic hydroxyl groups is 1. The number of hydrogen-bond acceptors (Lipinski definition) is 4. The summed E-state index contributed by atoms with van der Waals surface area (Å²) in [5.74, 6) is -0.0480. The molecule has 1 aliphatic rings. The Labute approximate surface area is 97.4 Å². The molecule has 1 aliphatic carbocycles. The van der Waals surface area contributed by atoms with Crippen LogP contribution in [0, 0.1) is 11.3 Å². The molecule has 0 amide bonds. The largest absolute Gasteiger partial charge is 0.468 e. The Balaban J connectivity index is 2.61. The van der Waals surface area contributed by atoms with Gasteiger partial charge in [0.05, 0.1) is 13.2 Å². The molecule has 0 bridgehead atoms. The van der Waals surface area contributed by atoms with E-state index in [1.165, 1.54) is 7.11 Å².